The number of aromatic nitrogens is 2. The van der Waals surface area contributed by atoms with Crippen molar-refractivity contribution in [2.24, 2.45) is 0 Å². The highest BCUT2D eigenvalue weighted by atomic mass is 16.5. The summed E-state index contributed by atoms with van der Waals surface area (Å²) in [4.78, 5) is 25.5. The number of amides is 1. The smallest absolute Gasteiger partial charge is 0.253 e. The van der Waals surface area contributed by atoms with Crippen molar-refractivity contribution in [1.82, 2.24) is 19.8 Å². The summed E-state index contributed by atoms with van der Waals surface area (Å²) in [5, 5.41) is 0. The molecule has 5 rings (SSSR count). The maximum atomic E-state index is 13.4. The van der Waals surface area contributed by atoms with E-state index in [1.165, 1.54) is 24.8 Å². The zero-order valence-electron chi connectivity index (χ0n) is 18.6. The van der Waals surface area contributed by atoms with Crippen molar-refractivity contribution in [2.75, 3.05) is 32.8 Å². The highest BCUT2D eigenvalue weighted by Gasteiger charge is 2.24. The quantitative estimate of drug-likeness (QED) is 0.624. The number of nitrogens with zero attached hydrogens (tertiary/aromatic N) is 3. The number of aromatic amines is 1. The van der Waals surface area contributed by atoms with Crippen LogP contribution >= 0.6 is 0 Å². The standard InChI is InChI=1S/C26H32N4O2/c31-26(21-9-11-24-25(18-21)28-19-27-24)30-13-4-16-32-23-7-3-5-20(17-23)8-10-22-6-1-2-12-29(22)14-15-30/h3,5,7,9,11,17-19,22H,1-2,4,6,8,10,12-16H2,(H,27,28). The van der Waals surface area contributed by atoms with Crippen LogP contribution in [0.2, 0.25) is 0 Å². The van der Waals surface area contributed by atoms with Crippen molar-refractivity contribution in [3.63, 3.8) is 0 Å². The van der Waals surface area contributed by atoms with Gasteiger partial charge in [0.1, 0.15) is 5.75 Å². The number of benzene rings is 2. The van der Waals surface area contributed by atoms with E-state index in [-0.39, 0.29) is 5.91 Å². The van der Waals surface area contributed by atoms with Crippen LogP contribution in [-0.4, -0.2) is 64.5 Å². The number of piperidine rings is 1. The van der Waals surface area contributed by atoms with Gasteiger partial charge in [-0.15, -0.1) is 0 Å². The Kier molecular flexibility index (Phi) is 6.39. The Morgan fingerprint density at radius 2 is 1.97 bits per heavy atom. The van der Waals surface area contributed by atoms with Crippen molar-refractivity contribution >= 4 is 16.9 Å². The molecule has 2 aromatic carbocycles. The van der Waals surface area contributed by atoms with Crippen LogP contribution in [-0.2, 0) is 6.42 Å². The lowest BCUT2D eigenvalue weighted by molar-refractivity contribution is 0.0683. The summed E-state index contributed by atoms with van der Waals surface area (Å²) in [7, 11) is 0. The third kappa shape index (κ3) is 4.80. The summed E-state index contributed by atoms with van der Waals surface area (Å²) in [6.45, 7) is 4.12. The van der Waals surface area contributed by atoms with E-state index in [4.69, 9.17) is 4.74 Å². The number of hydrogen-bond donors (Lipinski definition) is 1. The van der Waals surface area contributed by atoms with E-state index in [1.54, 1.807) is 6.33 Å². The van der Waals surface area contributed by atoms with Gasteiger partial charge in [-0.05, 0) is 74.5 Å². The number of fused-ring (bicyclic) bond motifs is 4. The minimum Gasteiger partial charge on any atom is -0.494 e. The molecule has 0 aliphatic carbocycles. The zero-order valence-corrected chi connectivity index (χ0v) is 18.6. The molecular weight excluding hydrogens is 400 g/mol. The van der Waals surface area contributed by atoms with Gasteiger partial charge in [-0.1, -0.05) is 18.6 Å². The normalized spacial score (nSPS) is 20.9. The summed E-state index contributed by atoms with van der Waals surface area (Å²) < 4.78 is 6.02. The summed E-state index contributed by atoms with van der Waals surface area (Å²) in [6.07, 6.45) is 8.52. The molecule has 1 N–H and O–H groups in total. The van der Waals surface area contributed by atoms with Crippen molar-refractivity contribution in [3.05, 3.63) is 59.9 Å². The Bertz CT molecular complexity index is 1060. The molecule has 1 amide bonds. The number of carbonyl (C=O) groups excluding carboxylic acids is 1. The summed E-state index contributed by atoms with van der Waals surface area (Å²) in [5.74, 6) is 1.02. The van der Waals surface area contributed by atoms with Gasteiger partial charge in [0.2, 0.25) is 0 Å². The number of rotatable bonds is 1. The minimum atomic E-state index is 0.0872. The monoisotopic (exact) mass is 432 g/mol. The minimum absolute atomic E-state index is 0.0872. The molecule has 3 heterocycles. The van der Waals surface area contributed by atoms with Crippen LogP contribution in [0.4, 0.5) is 0 Å². The third-order valence-corrected chi connectivity index (χ3v) is 6.87. The predicted molar refractivity (Wildman–Crippen MR) is 126 cm³/mol. The van der Waals surface area contributed by atoms with Gasteiger partial charge >= 0.3 is 0 Å². The predicted octanol–water partition coefficient (Wildman–Crippen LogP) is 4.27. The number of aryl methyl sites for hydroxylation is 1. The van der Waals surface area contributed by atoms with Crippen LogP contribution in [0.25, 0.3) is 11.0 Å². The van der Waals surface area contributed by atoms with Gasteiger partial charge in [0.25, 0.3) is 5.91 Å². The van der Waals surface area contributed by atoms with Crippen molar-refractivity contribution in [1.29, 1.82) is 0 Å². The molecule has 0 spiro atoms. The van der Waals surface area contributed by atoms with Gasteiger partial charge < -0.3 is 14.6 Å². The molecule has 1 atom stereocenters. The molecule has 1 aromatic heterocycles. The molecule has 0 saturated carbocycles. The average molecular weight is 433 g/mol. The van der Waals surface area contributed by atoms with Crippen LogP contribution in [0, 0.1) is 0 Å². The molecule has 1 saturated heterocycles. The van der Waals surface area contributed by atoms with Gasteiger partial charge in [-0.25, -0.2) is 4.98 Å². The molecule has 32 heavy (non-hydrogen) atoms. The first-order valence-corrected chi connectivity index (χ1v) is 11.9. The molecule has 2 aliphatic heterocycles. The topological polar surface area (TPSA) is 61.5 Å². The van der Waals surface area contributed by atoms with E-state index in [2.05, 4.69) is 33.1 Å². The molecule has 1 unspecified atom stereocenters. The Morgan fingerprint density at radius 3 is 2.94 bits per heavy atom. The molecule has 168 valence electrons. The number of imidazole rings is 1. The van der Waals surface area contributed by atoms with Crippen LogP contribution in [0.5, 0.6) is 5.75 Å². The fourth-order valence-corrected chi connectivity index (χ4v) is 5.07. The maximum Gasteiger partial charge on any atom is 0.253 e. The largest absolute Gasteiger partial charge is 0.494 e. The number of hydrogen-bond acceptors (Lipinski definition) is 4. The first-order chi connectivity index (χ1) is 15.8. The highest BCUT2D eigenvalue weighted by molar-refractivity contribution is 5.97. The third-order valence-electron chi connectivity index (χ3n) is 6.87. The maximum absolute atomic E-state index is 13.4. The lowest BCUT2D eigenvalue weighted by Crippen LogP contribution is -2.45. The second kappa shape index (κ2) is 9.74. The van der Waals surface area contributed by atoms with Gasteiger partial charge in [-0.2, -0.15) is 0 Å². The molecule has 6 heteroatoms. The van der Waals surface area contributed by atoms with Gasteiger partial charge in [0.15, 0.2) is 0 Å². The number of ether oxygens (including phenoxy) is 1. The van der Waals surface area contributed by atoms with E-state index in [9.17, 15) is 4.79 Å². The number of carbonyl (C=O) groups is 1. The first-order valence-electron chi connectivity index (χ1n) is 11.9. The molecule has 2 bridgehead atoms. The lowest BCUT2D eigenvalue weighted by atomic mass is 9.95. The van der Waals surface area contributed by atoms with E-state index >= 15 is 0 Å². The lowest BCUT2D eigenvalue weighted by Gasteiger charge is -2.37. The zero-order chi connectivity index (χ0) is 21.8. The molecule has 3 aromatic rings. The molecular formula is C26H32N4O2. The second-order valence-electron chi connectivity index (χ2n) is 9.00. The van der Waals surface area contributed by atoms with E-state index in [0.717, 1.165) is 55.7 Å². The fraction of sp³-hybridized carbons (Fsp3) is 0.462. The number of nitrogens with one attached hydrogen (secondary N) is 1. The molecule has 1 fully saturated rings. The second-order valence-corrected chi connectivity index (χ2v) is 9.00. The van der Waals surface area contributed by atoms with E-state index in [1.807, 2.05) is 29.2 Å². The summed E-state index contributed by atoms with van der Waals surface area (Å²) in [6, 6.07) is 14.8. The molecule has 6 nitrogen and oxygen atoms in total. The van der Waals surface area contributed by atoms with Crippen molar-refractivity contribution in [2.45, 2.75) is 44.6 Å². The summed E-state index contributed by atoms with van der Waals surface area (Å²) >= 11 is 0. The van der Waals surface area contributed by atoms with Crippen LogP contribution in [0.15, 0.2) is 48.8 Å². The molecule has 2 aliphatic rings. The van der Waals surface area contributed by atoms with Crippen LogP contribution < -0.4 is 4.74 Å². The molecule has 0 radical (unpaired) electrons. The van der Waals surface area contributed by atoms with Crippen LogP contribution in [0.3, 0.4) is 0 Å². The van der Waals surface area contributed by atoms with Gasteiger partial charge in [0, 0.05) is 31.2 Å². The SMILES string of the molecule is O=C(c1ccc2nc[nH]c2c1)N1CCCOc2cccc(c2)CCC2CCCCN2CC1. The first kappa shape index (κ1) is 21.0. The van der Waals surface area contributed by atoms with Gasteiger partial charge in [0.05, 0.1) is 24.0 Å². The van der Waals surface area contributed by atoms with Crippen molar-refractivity contribution in [3.8, 4) is 5.75 Å². The Balaban J connectivity index is 1.35. The van der Waals surface area contributed by atoms with Crippen molar-refractivity contribution < 1.29 is 9.53 Å². The van der Waals surface area contributed by atoms with E-state index in [0.29, 0.717) is 24.8 Å². The van der Waals surface area contributed by atoms with Crippen LogP contribution in [0.1, 0.15) is 48.0 Å². The Morgan fingerprint density at radius 1 is 1.00 bits per heavy atom. The Hall–Kier alpha value is -2.86. The van der Waals surface area contributed by atoms with Gasteiger partial charge in [-0.3, -0.25) is 9.69 Å². The Labute approximate surface area is 189 Å². The number of H-pyrrole nitrogens is 1. The average Bonchev–Trinajstić information content (AvgIpc) is 3.30. The van der Waals surface area contributed by atoms with E-state index < -0.39 is 0 Å². The fourth-order valence-electron chi connectivity index (χ4n) is 5.07. The summed E-state index contributed by atoms with van der Waals surface area (Å²) in [5.41, 5.74) is 3.86. The highest BCUT2D eigenvalue weighted by Crippen LogP contribution is 2.23.